The molecule has 3 aliphatic rings. The third-order valence-electron chi connectivity index (χ3n) is 5.70. The average molecular weight is 294 g/mol. The first-order chi connectivity index (χ1) is 10.1. The summed E-state index contributed by atoms with van der Waals surface area (Å²) in [5, 5.41) is 3.62. The molecule has 4 nitrogen and oxygen atoms in total. The Balaban J connectivity index is 1.69. The van der Waals surface area contributed by atoms with E-state index >= 15 is 0 Å². The molecule has 0 radical (unpaired) electrons. The summed E-state index contributed by atoms with van der Waals surface area (Å²) in [5.74, 6) is -0.0422. The number of nitrogens with one attached hydrogen (secondary N) is 1. The topological polar surface area (TPSA) is 41.6 Å². The van der Waals surface area contributed by atoms with Gasteiger partial charge in [0.25, 0.3) is 0 Å². The maximum absolute atomic E-state index is 12.4. The number of nitrogens with zero attached hydrogens (tertiary/aromatic N) is 1. The van der Waals surface area contributed by atoms with Crippen LogP contribution in [0, 0.1) is 0 Å². The molecule has 0 spiro atoms. The van der Waals surface area contributed by atoms with Gasteiger partial charge in [-0.05, 0) is 58.4 Å². The van der Waals surface area contributed by atoms with Gasteiger partial charge in [0.2, 0.25) is 0 Å². The van der Waals surface area contributed by atoms with Gasteiger partial charge in [-0.1, -0.05) is 12.8 Å². The van der Waals surface area contributed by atoms with Crippen molar-refractivity contribution in [1.29, 1.82) is 0 Å². The molecule has 1 N–H and O–H groups in total. The normalized spacial score (nSPS) is 38.2. The average Bonchev–Trinajstić information content (AvgIpc) is 3.23. The second kappa shape index (κ2) is 6.25. The van der Waals surface area contributed by atoms with Crippen LogP contribution in [0.25, 0.3) is 0 Å². The second-order valence-electron chi connectivity index (χ2n) is 7.33. The van der Waals surface area contributed by atoms with Crippen LogP contribution in [0.2, 0.25) is 0 Å². The highest BCUT2D eigenvalue weighted by Gasteiger charge is 2.50. The van der Waals surface area contributed by atoms with Gasteiger partial charge in [0.1, 0.15) is 5.54 Å². The lowest BCUT2D eigenvalue weighted by atomic mass is 9.96. The lowest BCUT2D eigenvalue weighted by Gasteiger charge is -2.35. The van der Waals surface area contributed by atoms with Crippen molar-refractivity contribution in [2.75, 3.05) is 13.7 Å². The first-order valence-corrected chi connectivity index (χ1v) is 8.76. The number of likely N-dealkylation sites (tertiary alicyclic amines) is 1. The van der Waals surface area contributed by atoms with E-state index in [4.69, 9.17) is 4.74 Å². The van der Waals surface area contributed by atoms with Gasteiger partial charge >= 0.3 is 5.97 Å². The zero-order valence-corrected chi connectivity index (χ0v) is 13.6. The maximum Gasteiger partial charge on any atom is 0.326 e. The third kappa shape index (κ3) is 3.26. The molecule has 3 rings (SSSR count). The predicted octanol–water partition coefficient (Wildman–Crippen LogP) is 2.47. The summed E-state index contributed by atoms with van der Waals surface area (Å²) in [6, 6.07) is 1.75. The van der Waals surface area contributed by atoms with Crippen LogP contribution in [0.3, 0.4) is 0 Å². The van der Waals surface area contributed by atoms with E-state index in [0.717, 1.165) is 19.3 Å². The highest BCUT2D eigenvalue weighted by molar-refractivity contribution is 5.81. The summed E-state index contributed by atoms with van der Waals surface area (Å²) in [4.78, 5) is 15.0. The number of rotatable bonds is 4. The van der Waals surface area contributed by atoms with Crippen molar-refractivity contribution < 1.29 is 9.53 Å². The van der Waals surface area contributed by atoms with Crippen LogP contribution < -0.4 is 5.32 Å². The Kier molecular flexibility index (Phi) is 4.55. The molecule has 4 heteroatoms. The van der Waals surface area contributed by atoms with Crippen LogP contribution in [-0.4, -0.2) is 48.2 Å². The molecule has 3 atom stereocenters. The Bertz CT molecular complexity index is 383. The Morgan fingerprint density at radius 2 is 2.00 bits per heavy atom. The minimum atomic E-state index is -0.410. The molecule has 120 valence electrons. The van der Waals surface area contributed by atoms with Crippen LogP contribution in [0.15, 0.2) is 0 Å². The molecule has 21 heavy (non-hydrogen) atoms. The minimum Gasteiger partial charge on any atom is -0.468 e. The second-order valence-corrected chi connectivity index (χ2v) is 7.33. The largest absolute Gasteiger partial charge is 0.468 e. The van der Waals surface area contributed by atoms with Gasteiger partial charge in [-0.2, -0.15) is 0 Å². The zero-order chi connectivity index (χ0) is 14.9. The Hall–Kier alpha value is -0.610. The quantitative estimate of drug-likeness (QED) is 0.809. The molecule has 1 saturated heterocycles. The SMILES string of the molecule is COC(=O)C1(NC2CC2)CCC(N2CCCCCC2C)C1. The zero-order valence-electron chi connectivity index (χ0n) is 13.6. The number of ether oxygens (including phenoxy) is 1. The van der Waals surface area contributed by atoms with Crippen LogP contribution in [0.5, 0.6) is 0 Å². The molecule has 0 aromatic heterocycles. The lowest BCUT2D eigenvalue weighted by molar-refractivity contribution is -0.148. The predicted molar refractivity (Wildman–Crippen MR) is 83.2 cm³/mol. The fourth-order valence-electron chi connectivity index (χ4n) is 4.33. The standard InChI is InChI=1S/C17H30N2O2/c1-13-6-4-3-5-11-19(13)15-9-10-17(12-15,16(20)21-2)18-14-7-8-14/h13-15,18H,3-12H2,1-2H3. The molecule has 1 aliphatic heterocycles. The van der Waals surface area contributed by atoms with E-state index in [-0.39, 0.29) is 5.97 Å². The summed E-state index contributed by atoms with van der Waals surface area (Å²) in [5.41, 5.74) is -0.410. The minimum absolute atomic E-state index is 0.0422. The van der Waals surface area contributed by atoms with E-state index in [2.05, 4.69) is 17.1 Å². The van der Waals surface area contributed by atoms with E-state index < -0.39 is 5.54 Å². The molecule has 2 aliphatic carbocycles. The van der Waals surface area contributed by atoms with Gasteiger partial charge in [0.15, 0.2) is 0 Å². The number of methoxy groups -OCH3 is 1. The summed E-state index contributed by atoms with van der Waals surface area (Å²) in [7, 11) is 1.53. The summed E-state index contributed by atoms with van der Waals surface area (Å²) >= 11 is 0. The van der Waals surface area contributed by atoms with Crippen molar-refractivity contribution in [3.8, 4) is 0 Å². The number of hydrogen-bond acceptors (Lipinski definition) is 4. The van der Waals surface area contributed by atoms with E-state index in [1.165, 1.54) is 52.2 Å². The highest BCUT2D eigenvalue weighted by Crippen LogP contribution is 2.38. The first-order valence-electron chi connectivity index (χ1n) is 8.76. The first kappa shape index (κ1) is 15.3. The van der Waals surface area contributed by atoms with Gasteiger partial charge in [0.05, 0.1) is 7.11 Å². The molecule has 0 aromatic carbocycles. The Labute approximate surface area is 128 Å². The van der Waals surface area contributed by atoms with E-state index in [0.29, 0.717) is 18.1 Å². The molecule has 1 heterocycles. The van der Waals surface area contributed by atoms with Crippen molar-refractivity contribution in [3.63, 3.8) is 0 Å². The molecular weight excluding hydrogens is 264 g/mol. The number of hydrogen-bond donors (Lipinski definition) is 1. The van der Waals surface area contributed by atoms with Gasteiger partial charge in [-0.15, -0.1) is 0 Å². The van der Waals surface area contributed by atoms with Crippen molar-refractivity contribution >= 4 is 5.97 Å². The van der Waals surface area contributed by atoms with Crippen molar-refractivity contribution in [1.82, 2.24) is 10.2 Å². The van der Waals surface area contributed by atoms with Crippen molar-refractivity contribution in [2.24, 2.45) is 0 Å². The Morgan fingerprint density at radius 1 is 1.19 bits per heavy atom. The molecule has 2 saturated carbocycles. The van der Waals surface area contributed by atoms with Crippen molar-refractivity contribution in [2.45, 2.75) is 88.4 Å². The van der Waals surface area contributed by atoms with Gasteiger partial charge in [0, 0.05) is 18.1 Å². The fourth-order valence-corrected chi connectivity index (χ4v) is 4.33. The number of esters is 1. The third-order valence-corrected chi connectivity index (χ3v) is 5.70. The molecule has 3 unspecified atom stereocenters. The summed E-state index contributed by atoms with van der Waals surface area (Å²) in [6.45, 7) is 3.56. The van der Waals surface area contributed by atoms with Crippen LogP contribution in [0.1, 0.15) is 64.7 Å². The highest BCUT2D eigenvalue weighted by atomic mass is 16.5. The summed E-state index contributed by atoms with van der Waals surface area (Å²) < 4.78 is 5.13. The van der Waals surface area contributed by atoms with Crippen LogP contribution >= 0.6 is 0 Å². The van der Waals surface area contributed by atoms with Gasteiger partial charge < -0.3 is 4.74 Å². The lowest BCUT2D eigenvalue weighted by Crippen LogP contribution is -2.53. The molecule has 3 fully saturated rings. The number of carbonyl (C=O) groups is 1. The molecule has 0 amide bonds. The summed E-state index contributed by atoms with van der Waals surface area (Å²) in [6.07, 6.45) is 10.7. The monoisotopic (exact) mass is 294 g/mol. The van der Waals surface area contributed by atoms with Crippen LogP contribution in [-0.2, 0) is 9.53 Å². The van der Waals surface area contributed by atoms with Crippen LogP contribution in [0.4, 0.5) is 0 Å². The number of carbonyl (C=O) groups excluding carboxylic acids is 1. The molecule has 0 bridgehead atoms. The van der Waals surface area contributed by atoms with Crippen molar-refractivity contribution in [3.05, 3.63) is 0 Å². The van der Waals surface area contributed by atoms with E-state index in [9.17, 15) is 4.79 Å². The maximum atomic E-state index is 12.4. The van der Waals surface area contributed by atoms with Gasteiger partial charge in [-0.3, -0.25) is 15.0 Å². The Morgan fingerprint density at radius 3 is 2.71 bits per heavy atom. The molecule has 0 aromatic rings. The fraction of sp³-hybridized carbons (Fsp3) is 0.941. The van der Waals surface area contributed by atoms with Gasteiger partial charge in [-0.25, -0.2) is 0 Å². The van der Waals surface area contributed by atoms with E-state index in [1.54, 1.807) is 0 Å². The smallest absolute Gasteiger partial charge is 0.326 e. The molecular formula is C17H30N2O2. The van der Waals surface area contributed by atoms with E-state index in [1.807, 2.05) is 0 Å².